The van der Waals surface area contributed by atoms with Crippen LogP contribution in [0.3, 0.4) is 0 Å². The summed E-state index contributed by atoms with van der Waals surface area (Å²) in [5.74, 6) is 0.747. The number of ether oxygens (including phenoxy) is 1. The van der Waals surface area contributed by atoms with Crippen LogP contribution in [-0.4, -0.2) is 38.7 Å². The minimum Gasteiger partial charge on any atom is -0.383 e. The predicted molar refractivity (Wildman–Crippen MR) is 60.3 cm³/mol. The van der Waals surface area contributed by atoms with Crippen molar-refractivity contribution in [2.75, 3.05) is 13.7 Å². The van der Waals surface area contributed by atoms with Gasteiger partial charge in [-0.1, -0.05) is 0 Å². The fourth-order valence-electron chi connectivity index (χ4n) is 1.35. The van der Waals surface area contributed by atoms with Crippen LogP contribution in [-0.2, 0) is 11.3 Å². The van der Waals surface area contributed by atoms with E-state index in [1.165, 1.54) is 0 Å². The van der Waals surface area contributed by atoms with E-state index < -0.39 is 0 Å². The normalized spacial score (nSPS) is 10.6. The van der Waals surface area contributed by atoms with Crippen molar-refractivity contribution in [1.29, 1.82) is 0 Å². The smallest absolute Gasteiger partial charge is 0.195 e. The lowest BCUT2D eigenvalue weighted by Crippen LogP contribution is -2.06. The number of nitrogens with zero attached hydrogens (tertiary/aromatic N) is 4. The molecule has 0 radical (unpaired) electrons. The van der Waals surface area contributed by atoms with Crippen molar-refractivity contribution in [3.63, 3.8) is 0 Å². The van der Waals surface area contributed by atoms with Crippen LogP contribution < -0.4 is 0 Å². The van der Waals surface area contributed by atoms with Crippen molar-refractivity contribution in [2.24, 2.45) is 0 Å². The van der Waals surface area contributed by atoms with Gasteiger partial charge in [0.25, 0.3) is 0 Å². The third kappa shape index (κ3) is 2.15. The van der Waals surface area contributed by atoms with Crippen LogP contribution >= 0.6 is 12.2 Å². The van der Waals surface area contributed by atoms with Crippen LogP contribution in [0.1, 0.15) is 0 Å². The van der Waals surface area contributed by atoms with Gasteiger partial charge in [0, 0.05) is 12.7 Å². The van der Waals surface area contributed by atoms with Gasteiger partial charge >= 0.3 is 0 Å². The van der Waals surface area contributed by atoms with Crippen molar-refractivity contribution < 1.29 is 4.74 Å². The van der Waals surface area contributed by atoms with Crippen molar-refractivity contribution in [1.82, 2.24) is 25.0 Å². The van der Waals surface area contributed by atoms with E-state index in [0.29, 0.717) is 17.9 Å². The van der Waals surface area contributed by atoms with Crippen molar-refractivity contribution in [3.05, 3.63) is 23.2 Å². The van der Waals surface area contributed by atoms with Gasteiger partial charge in [0.1, 0.15) is 0 Å². The lowest BCUT2D eigenvalue weighted by atomic mass is 10.3. The van der Waals surface area contributed by atoms with Gasteiger partial charge in [-0.2, -0.15) is 15.3 Å². The van der Waals surface area contributed by atoms with Gasteiger partial charge in [0.2, 0.25) is 0 Å². The average molecular weight is 237 g/mol. The molecular weight excluding hydrogens is 226 g/mol. The molecule has 2 heterocycles. The van der Waals surface area contributed by atoms with E-state index >= 15 is 0 Å². The number of hydrogen-bond donors (Lipinski definition) is 1. The molecule has 2 aromatic heterocycles. The lowest BCUT2D eigenvalue weighted by molar-refractivity contribution is 0.187. The van der Waals surface area contributed by atoms with E-state index in [0.717, 1.165) is 11.4 Å². The Morgan fingerprint density at radius 1 is 1.50 bits per heavy atom. The van der Waals surface area contributed by atoms with Crippen LogP contribution in [0.5, 0.6) is 0 Å². The Kier molecular flexibility index (Phi) is 3.37. The molecule has 0 saturated heterocycles. The average Bonchev–Trinajstić information content (AvgIpc) is 2.69. The molecule has 2 rings (SSSR count). The summed E-state index contributed by atoms with van der Waals surface area (Å²) in [6.45, 7) is 1.24. The van der Waals surface area contributed by atoms with Gasteiger partial charge in [-0.25, -0.2) is 0 Å². The maximum atomic E-state index is 5.14. The van der Waals surface area contributed by atoms with Crippen LogP contribution in [0.4, 0.5) is 0 Å². The zero-order chi connectivity index (χ0) is 11.4. The Morgan fingerprint density at radius 3 is 3.06 bits per heavy atom. The number of H-pyrrole nitrogens is 1. The molecule has 0 unspecified atom stereocenters. The molecule has 0 atom stereocenters. The molecule has 7 heteroatoms. The minimum absolute atomic E-state index is 0.573. The number of aromatic amines is 1. The van der Waals surface area contributed by atoms with E-state index in [1.807, 2.05) is 10.6 Å². The molecule has 0 aromatic carbocycles. The maximum absolute atomic E-state index is 5.14. The van der Waals surface area contributed by atoms with Gasteiger partial charge in [-0.15, -0.1) is 0 Å². The largest absolute Gasteiger partial charge is 0.383 e. The summed E-state index contributed by atoms with van der Waals surface area (Å²) in [4.78, 5) is 0. The first-order chi connectivity index (χ1) is 7.83. The Hall–Kier alpha value is -1.60. The molecule has 0 aliphatic heterocycles. The highest BCUT2D eigenvalue weighted by atomic mass is 32.1. The first-order valence-corrected chi connectivity index (χ1v) is 5.15. The predicted octanol–water partition coefficient (Wildman–Crippen LogP) is 1.04. The number of hydrogen-bond acceptors (Lipinski definition) is 5. The molecule has 6 nitrogen and oxygen atoms in total. The number of nitrogens with one attached hydrogen (secondary N) is 1. The molecule has 0 amide bonds. The first kappa shape index (κ1) is 10.9. The number of methoxy groups -OCH3 is 1. The van der Waals surface area contributed by atoms with Crippen LogP contribution in [0.25, 0.3) is 11.4 Å². The Balaban J connectivity index is 2.38. The second-order valence-corrected chi connectivity index (χ2v) is 3.51. The van der Waals surface area contributed by atoms with Crippen LogP contribution in [0.15, 0.2) is 18.5 Å². The minimum atomic E-state index is 0.573. The van der Waals surface area contributed by atoms with E-state index in [9.17, 15) is 0 Å². The number of rotatable bonds is 4. The molecule has 84 valence electrons. The molecule has 0 aliphatic carbocycles. The first-order valence-electron chi connectivity index (χ1n) is 4.74. The molecule has 0 bridgehead atoms. The van der Waals surface area contributed by atoms with Crippen molar-refractivity contribution in [2.45, 2.75) is 6.54 Å². The van der Waals surface area contributed by atoms with E-state index in [1.54, 1.807) is 19.5 Å². The highest BCUT2D eigenvalue weighted by Crippen LogP contribution is 2.14. The van der Waals surface area contributed by atoms with E-state index in [2.05, 4.69) is 20.4 Å². The third-order valence-corrected chi connectivity index (χ3v) is 2.43. The molecular formula is C9H11N5OS. The van der Waals surface area contributed by atoms with Gasteiger partial charge < -0.3 is 4.74 Å². The molecule has 0 fully saturated rings. The summed E-state index contributed by atoms with van der Waals surface area (Å²) in [6, 6.07) is 1.83. The van der Waals surface area contributed by atoms with Crippen molar-refractivity contribution in [3.8, 4) is 11.4 Å². The number of aromatic nitrogens is 5. The Labute approximate surface area is 97.3 Å². The summed E-state index contributed by atoms with van der Waals surface area (Å²) in [5, 5.41) is 14.4. The van der Waals surface area contributed by atoms with Crippen LogP contribution in [0, 0.1) is 4.77 Å². The van der Waals surface area contributed by atoms with Gasteiger partial charge in [0.05, 0.1) is 25.5 Å². The summed E-state index contributed by atoms with van der Waals surface area (Å²) in [7, 11) is 1.65. The highest BCUT2D eigenvalue weighted by Gasteiger charge is 2.08. The zero-order valence-corrected chi connectivity index (χ0v) is 9.57. The van der Waals surface area contributed by atoms with E-state index in [-0.39, 0.29) is 0 Å². The third-order valence-electron chi connectivity index (χ3n) is 2.12. The Bertz CT molecular complexity index is 506. The Morgan fingerprint density at radius 2 is 2.38 bits per heavy atom. The molecule has 2 aromatic rings. The molecule has 16 heavy (non-hydrogen) atoms. The van der Waals surface area contributed by atoms with Crippen LogP contribution in [0.2, 0.25) is 0 Å². The zero-order valence-electron chi connectivity index (χ0n) is 8.75. The lowest BCUT2D eigenvalue weighted by Gasteiger charge is -2.04. The summed E-state index contributed by atoms with van der Waals surface area (Å²) in [5.41, 5.74) is 0.874. The fourth-order valence-corrected chi connectivity index (χ4v) is 1.57. The fraction of sp³-hybridized carbons (Fsp3) is 0.333. The standard InChI is InChI=1S/C9H11N5OS/c1-15-5-4-14-8(12-13-9(14)16)7-2-3-10-11-6-7/h2-3,6H,4-5H2,1H3,(H,13,16). The molecule has 1 N–H and O–H groups in total. The monoisotopic (exact) mass is 237 g/mol. The maximum Gasteiger partial charge on any atom is 0.195 e. The summed E-state index contributed by atoms with van der Waals surface area (Å²) >= 11 is 5.14. The van der Waals surface area contributed by atoms with Crippen molar-refractivity contribution >= 4 is 12.2 Å². The SMILES string of the molecule is COCCn1c(-c2ccnnc2)n[nH]c1=S. The summed E-state index contributed by atoms with van der Waals surface area (Å²) in [6.07, 6.45) is 3.27. The highest BCUT2D eigenvalue weighted by molar-refractivity contribution is 7.71. The molecule has 0 saturated carbocycles. The van der Waals surface area contributed by atoms with Gasteiger partial charge in [-0.3, -0.25) is 9.67 Å². The quantitative estimate of drug-likeness (QED) is 0.805. The second-order valence-electron chi connectivity index (χ2n) is 3.13. The topological polar surface area (TPSA) is 68.6 Å². The van der Waals surface area contributed by atoms with Gasteiger partial charge in [0.15, 0.2) is 10.6 Å². The van der Waals surface area contributed by atoms with E-state index in [4.69, 9.17) is 17.0 Å². The molecule has 0 aliphatic rings. The second kappa shape index (κ2) is 4.95. The van der Waals surface area contributed by atoms with Gasteiger partial charge in [-0.05, 0) is 18.3 Å². The molecule has 0 spiro atoms. The summed E-state index contributed by atoms with van der Waals surface area (Å²) < 4.78 is 7.47.